The van der Waals surface area contributed by atoms with Gasteiger partial charge in [-0.05, 0) is 6.42 Å². The van der Waals surface area contributed by atoms with Gasteiger partial charge in [0, 0.05) is 6.04 Å². The molecule has 0 spiro atoms. The second kappa shape index (κ2) is 3.50. The Balaban J connectivity index is 2.42. The van der Waals surface area contributed by atoms with Crippen molar-refractivity contribution in [3.63, 3.8) is 0 Å². The van der Waals surface area contributed by atoms with E-state index < -0.39 is 20.0 Å². The van der Waals surface area contributed by atoms with E-state index in [9.17, 15) is 16.8 Å². The molecule has 0 amide bonds. The zero-order chi connectivity index (χ0) is 10.1. The lowest BCUT2D eigenvalue weighted by atomic mass is 10.3. The van der Waals surface area contributed by atoms with Gasteiger partial charge in [0.25, 0.3) is 10.2 Å². The van der Waals surface area contributed by atoms with Gasteiger partial charge in [-0.1, -0.05) is 0 Å². The molecule has 0 aliphatic carbocycles. The van der Waals surface area contributed by atoms with Crippen LogP contribution >= 0.6 is 0 Å². The fourth-order valence-corrected chi connectivity index (χ4v) is 3.08. The minimum atomic E-state index is -3.80. The van der Waals surface area contributed by atoms with Crippen LogP contribution in [0.1, 0.15) is 6.42 Å². The van der Waals surface area contributed by atoms with Crippen molar-refractivity contribution >= 4 is 20.0 Å². The zero-order valence-electron chi connectivity index (χ0n) is 6.73. The topological polar surface area (TPSA) is 118 Å². The molecular weight excluding hydrogens is 218 g/mol. The zero-order valence-corrected chi connectivity index (χ0v) is 8.36. The first-order valence-electron chi connectivity index (χ1n) is 3.54. The standard InChI is InChI=1S/C4H11N3O4S2/c5-13(10,11)7-6-4-1-2-12(8,9)3-4/h4,6-7H,1-3H2,(H2,5,10,11). The first-order chi connectivity index (χ1) is 5.79. The van der Waals surface area contributed by atoms with Crippen LogP contribution in [0, 0.1) is 0 Å². The smallest absolute Gasteiger partial charge is 0.239 e. The van der Waals surface area contributed by atoms with Gasteiger partial charge in [-0.15, -0.1) is 4.83 Å². The molecule has 9 heteroatoms. The number of rotatable bonds is 3. The lowest BCUT2D eigenvalue weighted by molar-refractivity contribution is 0.506. The molecule has 0 aromatic rings. The van der Waals surface area contributed by atoms with Gasteiger partial charge in [0.15, 0.2) is 9.84 Å². The Hall–Kier alpha value is -0.220. The van der Waals surface area contributed by atoms with Crippen LogP contribution in [0.3, 0.4) is 0 Å². The third-order valence-corrected chi connectivity index (χ3v) is 3.81. The van der Waals surface area contributed by atoms with Crippen LogP contribution in [0.4, 0.5) is 0 Å². The van der Waals surface area contributed by atoms with E-state index in [0.29, 0.717) is 6.42 Å². The summed E-state index contributed by atoms with van der Waals surface area (Å²) in [5.41, 5.74) is 2.34. The first-order valence-corrected chi connectivity index (χ1v) is 6.91. The summed E-state index contributed by atoms with van der Waals surface area (Å²) in [5, 5.41) is 4.63. The summed E-state index contributed by atoms with van der Waals surface area (Å²) >= 11 is 0. The average molecular weight is 229 g/mol. The monoisotopic (exact) mass is 229 g/mol. The lowest BCUT2D eigenvalue weighted by Gasteiger charge is -2.09. The van der Waals surface area contributed by atoms with E-state index in [1.54, 1.807) is 0 Å². The number of sulfone groups is 1. The van der Waals surface area contributed by atoms with Crippen molar-refractivity contribution in [2.24, 2.45) is 5.14 Å². The maximum Gasteiger partial charge on any atom is 0.287 e. The minimum Gasteiger partial charge on any atom is -0.239 e. The van der Waals surface area contributed by atoms with Gasteiger partial charge in [0.1, 0.15) is 0 Å². The van der Waals surface area contributed by atoms with Crippen molar-refractivity contribution in [2.45, 2.75) is 12.5 Å². The fourth-order valence-electron chi connectivity index (χ4n) is 1.07. The largest absolute Gasteiger partial charge is 0.287 e. The van der Waals surface area contributed by atoms with Gasteiger partial charge in [-0.25, -0.2) is 19.0 Å². The molecule has 1 aliphatic rings. The average Bonchev–Trinajstić information content (AvgIpc) is 2.24. The van der Waals surface area contributed by atoms with Crippen molar-refractivity contribution in [3.05, 3.63) is 0 Å². The second-order valence-electron chi connectivity index (χ2n) is 2.89. The molecule has 0 bridgehead atoms. The molecule has 4 N–H and O–H groups in total. The molecule has 0 saturated carbocycles. The van der Waals surface area contributed by atoms with E-state index in [0.717, 1.165) is 0 Å². The molecule has 0 aromatic heterocycles. The molecule has 1 fully saturated rings. The molecule has 7 nitrogen and oxygen atoms in total. The SMILES string of the molecule is NS(=O)(=O)NNC1CCS(=O)(=O)C1. The van der Waals surface area contributed by atoms with Crippen molar-refractivity contribution < 1.29 is 16.8 Å². The summed E-state index contributed by atoms with van der Waals surface area (Å²) in [6.07, 6.45) is 0.394. The Labute approximate surface area is 76.8 Å². The van der Waals surface area contributed by atoms with Crippen molar-refractivity contribution in [2.75, 3.05) is 11.5 Å². The third-order valence-electron chi connectivity index (χ3n) is 1.64. The Morgan fingerprint density at radius 1 is 1.38 bits per heavy atom. The number of hydrazine groups is 1. The van der Waals surface area contributed by atoms with E-state index in [-0.39, 0.29) is 17.5 Å². The predicted octanol–water partition coefficient (Wildman–Crippen LogP) is -2.53. The van der Waals surface area contributed by atoms with E-state index in [2.05, 4.69) is 10.6 Å². The molecule has 1 aliphatic heterocycles. The molecule has 1 unspecified atom stereocenters. The van der Waals surface area contributed by atoms with Gasteiger partial charge in [-0.3, -0.25) is 0 Å². The van der Waals surface area contributed by atoms with Crippen LogP contribution in [0.25, 0.3) is 0 Å². The lowest BCUT2D eigenvalue weighted by Crippen LogP contribution is -2.47. The van der Waals surface area contributed by atoms with Gasteiger partial charge in [0.2, 0.25) is 0 Å². The van der Waals surface area contributed by atoms with E-state index in [1.165, 1.54) is 0 Å². The Morgan fingerprint density at radius 3 is 2.38 bits per heavy atom. The van der Waals surface area contributed by atoms with Crippen LogP contribution in [0.15, 0.2) is 0 Å². The maximum atomic E-state index is 10.9. The van der Waals surface area contributed by atoms with Crippen LogP contribution in [0.5, 0.6) is 0 Å². The normalized spacial score (nSPS) is 27.6. The highest BCUT2D eigenvalue weighted by molar-refractivity contribution is 7.91. The summed E-state index contributed by atoms with van der Waals surface area (Å²) in [6, 6.07) is -0.386. The number of hydrogen-bond acceptors (Lipinski definition) is 5. The predicted molar refractivity (Wildman–Crippen MR) is 46.4 cm³/mol. The quantitative estimate of drug-likeness (QED) is 0.461. The summed E-state index contributed by atoms with van der Waals surface area (Å²) in [5.74, 6) is 0.0203. The summed E-state index contributed by atoms with van der Waals surface area (Å²) in [6.45, 7) is 0. The van der Waals surface area contributed by atoms with E-state index in [4.69, 9.17) is 0 Å². The van der Waals surface area contributed by atoms with Crippen molar-refractivity contribution in [1.82, 2.24) is 10.3 Å². The van der Waals surface area contributed by atoms with Gasteiger partial charge < -0.3 is 0 Å². The third kappa shape index (κ3) is 4.00. The van der Waals surface area contributed by atoms with Gasteiger partial charge >= 0.3 is 0 Å². The molecule has 1 heterocycles. The van der Waals surface area contributed by atoms with Gasteiger partial charge in [-0.2, -0.15) is 8.42 Å². The highest BCUT2D eigenvalue weighted by Crippen LogP contribution is 2.10. The van der Waals surface area contributed by atoms with E-state index in [1.807, 2.05) is 4.83 Å². The Kier molecular flexibility index (Phi) is 2.92. The molecule has 78 valence electrons. The van der Waals surface area contributed by atoms with Crippen molar-refractivity contribution in [3.8, 4) is 0 Å². The first kappa shape index (κ1) is 10.9. The minimum absolute atomic E-state index is 0.0600. The molecule has 13 heavy (non-hydrogen) atoms. The van der Waals surface area contributed by atoms with Crippen LogP contribution in [-0.4, -0.2) is 34.4 Å². The maximum absolute atomic E-state index is 10.9. The van der Waals surface area contributed by atoms with Gasteiger partial charge in [0.05, 0.1) is 11.5 Å². The van der Waals surface area contributed by atoms with E-state index >= 15 is 0 Å². The van der Waals surface area contributed by atoms with Crippen LogP contribution in [-0.2, 0) is 20.0 Å². The highest BCUT2D eigenvalue weighted by atomic mass is 32.2. The van der Waals surface area contributed by atoms with Crippen molar-refractivity contribution in [1.29, 1.82) is 0 Å². The molecule has 0 radical (unpaired) electrons. The molecule has 0 aromatic carbocycles. The number of nitrogens with two attached hydrogens (primary N) is 1. The summed E-state index contributed by atoms with van der Waals surface area (Å²) < 4.78 is 42.6. The molecular formula is C4H11N3O4S2. The highest BCUT2D eigenvalue weighted by Gasteiger charge is 2.27. The van der Waals surface area contributed by atoms with Crippen LogP contribution in [0.2, 0.25) is 0 Å². The molecule has 1 saturated heterocycles. The Bertz CT molecular complexity index is 372. The molecule has 1 rings (SSSR count). The summed E-state index contributed by atoms with van der Waals surface area (Å²) in [4.78, 5) is 1.84. The van der Waals surface area contributed by atoms with Crippen LogP contribution < -0.4 is 15.4 Å². The second-order valence-corrected chi connectivity index (χ2v) is 6.41. The fraction of sp³-hybridized carbons (Fsp3) is 1.00. The summed E-state index contributed by atoms with van der Waals surface area (Å²) in [7, 11) is -6.81. The Morgan fingerprint density at radius 2 is 2.00 bits per heavy atom. The number of nitrogens with one attached hydrogen (secondary N) is 2. The molecule has 1 atom stereocenters. The number of hydrogen-bond donors (Lipinski definition) is 3.